The lowest BCUT2D eigenvalue weighted by atomic mass is 10.1. The molecule has 2 aromatic rings. The highest BCUT2D eigenvalue weighted by Gasteiger charge is 2.41. The van der Waals surface area contributed by atoms with Crippen LogP contribution in [0.25, 0.3) is 6.08 Å². The van der Waals surface area contributed by atoms with E-state index in [1.165, 1.54) is 26.2 Å². The van der Waals surface area contributed by atoms with E-state index in [2.05, 4.69) is 4.74 Å². The van der Waals surface area contributed by atoms with Crippen molar-refractivity contribution in [3.63, 3.8) is 0 Å². The number of rotatable bonds is 8. The van der Waals surface area contributed by atoms with Gasteiger partial charge in [0.15, 0.2) is 11.5 Å². The number of halogens is 1. The van der Waals surface area contributed by atoms with Gasteiger partial charge in [-0.05, 0) is 55.4 Å². The second-order valence-electron chi connectivity index (χ2n) is 6.77. The molecule has 9 heteroatoms. The van der Waals surface area contributed by atoms with Gasteiger partial charge < -0.3 is 14.2 Å². The van der Waals surface area contributed by atoms with Crippen molar-refractivity contribution < 1.29 is 33.0 Å². The summed E-state index contributed by atoms with van der Waals surface area (Å²) in [6, 6.07) is 10.3. The molecule has 0 spiro atoms. The average Bonchev–Trinajstić information content (AvgIpc) is 3.06. The fourth-order valence-corrected chi connectivity index (χ4v) is 3.92. The number of thioether (sulfide) groups is 1. The number of nitrogens with zero attached hydrogens (tertiary/aromatic N) is 1. The first-order valence-corrected chi connectivity index (χ1v) is 10.6. The van der Waals surface area contributed by atoms with Crippen molar-refractivity contribution in [3.05, 3.63) is 64.3 Å². The predicted molar refractivity (Wildman–Crippen MR) is 118 cm³/mol. The van der Waals surface area contributed by atoms with Gasteiger partial charge in [0.25, 0.3) is 11.1 Å². The molecule has 1 saturated heterocycles. The third kappa shape index (κ3) is 5.11. The molecule has 2 aromatic carbocycles. The minimum Gasteiger partial charge on any atom is -0.490 e. The van der Waals surface area contributed by atoms with Crippen LogP contribution in [0.5, 0.6) is 11.5 Å². The number of amides is 2. The molecule has 0 aliphatic carbocycles. The van der Waals surface area contributed by atoms with E-state index in [4.69, 9.17) is 9.47 Å². The number of benzene rings is 2. The summed E-state index contributed by atoms with van der Waals surface area (Å²) in [7, 11) is 1.19. The lowest BCUT2D eigenvalue weighted by Crippen LogP contribution is -2.42. The van der Waals surface area contributed by atoms with Crippen LogP contribution in [0.3, 0.4) is 0 Å². The van der Waals surface area contributed by atoms with Crippen LogP contribution < -0.4 is 9.47 Å². The van der Waals surface area contributed by atoms with Crippen molar-refractivity contribution in [1.82, 2.24) is 4.90 Å². The highest BCUT2D eigenvalue weighted by atomic mass is 32.2. The van der Waals surface area contributed by atoms with Gasteiger partial charge in [-0.2, -0.15) is 0 Å². The topological polar surface area (TPSA) is 82.1 Å². The van der Waals surface area contributed by atoms with Gasteiger partial charge in [0.05, 0.1) is 18.6 Å². The Morgan fingerprint density at radius 2 is 1.91 bits per heavy atom. The Kier molecular flexibility index (Phi) is 7.53. The van der Waals surface area contributed by atoms with Crippen molar-refractivity contribution in [2.24, 2.45) is 0 Å². The first kappa shape index (κ1) is 23.3. The summed E-state index contributed by atoms with van der Waals surface area (Å²) >= 11 is 0.742. The molecule has 3 rings (SSSR count). The van der Waals surface area contributed by atoms with Crippen molar-refractivity contribution in [2.75, 3.05) is 13.7 Å². The molecule has 7 nitrogen and oxygen atoms in total. The molecule has 0 unspecified atom stereocenters. The maximum absolute atomic E-state index is 13.8. The summed E-state index contributed by atoms with van der Waals surface area (Å²) in [6.45, 7) is 3.63. The molecule has 0 aromatic heterocycles. The zero-order valence-corrected chi connectivity index (χ0v) is 18.6. The van der Waals surface area contributed by atoms with Gasteiger partial charge in [0.2, 0.25) is 0 Å². The van der Waals surface area contributed by atoms with E-state index in [0.29, 0.717) is 29.2 Å². The molecular weight excluding hydrogens is 437 g/mol. The summed E-state index contributed by atoms with van der Waals surface area (Å²) in [4.78, 5) is 37.7. The summed E-state index contributed by atoms with van der Waals surface area (Å²) in [5, 5.41) is -0.547. The van der Waals surface area contributed by atoms with E-state index >= 15 is 0 Å². The lowest BCUT2D eigenvalue weighted by molar-refractivity contribution is -0.148. The van der Waals surface area contributed by atoms with Gasteiger partial charge in [-0.1, -0.05) is 24.3 Å². The quantitative estimate of drug-likeness (QED) is 0.427. The first-order chi connectivity index (χ1) is 15.3. The molecule has 0 N–H and O–H groups in total. The molecular formula is C23H22FNO6S. The minimum atomic E-state index is -1.02. The van der Waals surface area contributed by atoms with Gasteiger partial charge in [-0.3, -0.25) is 14.5 Å². The van der Waals surface area contributed by atoms with Crippen LogP contribution >= 0.6 is 11.8 Å². The fraction of sp³-hybridized carbons (Fsp3) is 0.261. The van der Waals surface area contributed by atoms with Gasteiger partial charge >= 0.3 is 5.97 Å². The van der Waals surface area contributed by atoms with Crippen LogP contribution in [0, 0.1) is 5.82 Å². The fourth-order valence-electron chi connectivity index (χ4n) is 3.01. The van der Waals surface area contributed by atoms with E-state index < -0.39 is 23.2 Å². The van der Waals surface area contributed by atoms with Crippen LogP contribution in [0.1, 0.15) is 25.0 Å². The maximum atomic E-state index is 13.8. The molecule has 32 heavy (non-hydrogen) atoms. The highest BCUT2D eigenvalue weighted by molar-refractivity contribution is 8.18. The average molecular weight is 459 g/mol. The van der Waals surface area contributed by atoms with Crippen LogP contribution in [-0.4, -0.2) is 41.8 Å². The molecule has 1 atom stereocenters. The van der Waals surface area contributed by atoms with E-state index in [1.807, 2.05) is 6.92 Å². The van der Waals surface area contributed by atoms with Crippen LogP contribution in [0.15, 0.2) is 47.4 Å². The Morgan fingerprint density at radius 3 is 2.59 bits per heavy atom. The maximum Gasteiger partial charge on any atom is 0.328 e. The Balaban J connectivity index is 1.81. The van der Waals surface area contributed by atoms with Crippen molar-refractivity contribution in [2.45, 2.75) is 26.5 Å². The van der Waals surface area contributed by atoms with E-state index in [1.54, 1.807) is 36.4 Å². The molecule has 1 fully saturated rings. The summed E-state index contributed by atoms with van der Waals surface area (Å²) < 4.78 is 29.8. The number of carbonyl (C=O) groups is 3. The Bertz CT molecular complexity index is 1070. The molecule has 0 radical (unpaired) electrons. The van der Waals surface area contributed by atoms with Crippen LogP contribution in [0.2, 0.25) is 0 Å². The molecule has 2 amide bonds. The number of esters is 1. The smallest absolute Gasteiger partial charge is 0.328 e. The van der Waals surface area contributed by atoms with Crippen molar-refractivity contribution in [1.29, 1.82) is 0 Å². The lowest BCUT2D eigenvalue weighted by Gasteiger charge is -2.18. The molecule has 1 aliphatic rings. The number of methoxy groups -OCH3 is 1. The zero-order valence-electron chi connectivity index (χ0n) is 17.8. The Morgan fingerprint density at radius 1 is 1.16 bits per heavy atom. The second-order valence-corrected chi connectivity index (χ2v) is 7.76. The Labute approximate surface area is 189 Å². The summed E-state index contributed by atoms with van der Waals surface area (Å²) in [5.41, 5.74) is 1.01. The van der Waals surface area contributed by atoms with E-state index in [-0.39, 0.29) is 17.3 Å². The zero-order chi connectivity index (χ0) is 23.3. The van der Waals surface area contributed by atoms with Crippen LogP contribution in [-0.2, 0) is 20.9 Å². The van der Waals surface area contributed by atoms with E-state index in [9.17, 15) is 18.8 Å². The van der Waals surface area contributed by atoms with Crippen molar-refractivity contribution >= 4 is 35.0 Å². The largest absolute Gasteiger partial charge is 0.490 e. The number of hydrogen-bond donors (Lipinski definition) is 0. The highest BCUT2D eigenvalue weighted by Crippen LogP contribution is 2.36. The van der Waals surface area contributed by atoms with Gasteiger partial charge in [0.1, 0.15) is 18.5 Å². The van der Waals surface area contributed by atoms with Crippen LogP contribution in [0.4, 0.5) is 9.18 Å². The molecule has 0 saturated carbocycles. The molecule has 1 aliphatic heterocycles. The third-order valence-corrected chi connectivity index (χ3v) is 5.54. The first-order valence-electron chi connectivity index (χ1n) is 9.83. The standard InChI is InChI=1S/C23H22FNO6S/c1-4-30-19-11-15(9-10-18(19)31-13-16-7-5-6-8-17(16)24)12-20-21(26)25(23(28)32-20)14(2)22(27)29-3/h5-12,14H,4,13H2,1-3H3/b20-12+/t14-/m1/s1. The molecule has 0 bridgehead atoms. The molecule has 1 heterocycles. The van der Waals surface area contributed by atoms with Gasteiger partial charge in [-0.15, -0.1) is 0 Å². The number of imide groups is 1. The number of carbonyl (C=O) groups excluding carboxylic acids is 3. The second kappa shape index (κ2) is 10.3. The van der Waals surface area contributed by atoms with E-state index in [0.717, 1.165) is 16.7 Å². The van der Waals surface area contributed by atoms with Crippen molar-refractivity contribution in [3.8, 4) is 11.5 Å². The third-order valence-electron chi connectivity index (χ3n) is 4.66. The minimum absolute atomic E-state index is 0.0242. The van der Waals surface area contributed by atoms with Gasteiger partial charge in [-0.25, -0.2) is 9.18 Å². The normalized spacial score (nSPS) is 15.8. The Hall–Kier alpha value is -3.33. The predicted octanol–water partition coefficient (Wildman–Crippen LogP) is 4.40. The summed E-state index contributed by atoms with van der Waals surface area (Å²) in [6.07, 6.45) is 1.54. The molecule has 168 valence electrons. The number of hydrogen-bond acceptors (Lipinski definition) is 7. The SMILES string of the molecule is CCOc1cc(/C=C2/SC(=O)N([C@H](C)C(=O)OC)C2=O)ccc1OCc1ccccc1F. The summed E-state index contributed by atoms with van der Waals surface area (Å²) in [5.74, 6) is -0.780. The monoisotopic (exact) mass is 459 g/mol. The number of ether oxygens (including phenoxy) is 3. The van der Waals surface area contributed by atoms with Gasteiger partial charge in [0, 0.05) is 5.56 Å².